The molecule has 3 rings (SSSR count). The predicted molar refractivity (Wildman–Crippen MR) is 77.2 cm³/mol. The fourth-order valence-electron chi connectivity index (χ4n) is 2.70. The highest BCUT2D eigenvalue weighted by Crippen LogP contribution is 2.33. The first-order valence-electron chi connectivity index (χ1n) is 6.45. The third-order valence-corrected chi connectivity index (χ3v) is 4.42. The summed E-state index contributed by atoms with van der Waals surface area (Å²) in [6.45, 7) is 1.85. The zero-order valence-corrected chi connectivity index (χ0v) is 12.0. The normalized spacial score (nSPS) is 21.7. The van der Waals surface area contributed by atoms with Crippen LogP contribution in [-0.4, -0.2) is 28.2 Å². The fraction of sp³-hybridized carbons (Fsp3) is 0.462. The molecule has 0 bridgehead atoms. The van der Waals surface area contributed by atoms with Crippen LogP contribution in [0.5, 0.6) is 0 Å². The summed E-state index contributed by atoms with van der Waals surface area (Å²) in [4.78, 5) is 16.7. The maximum atomic E-state index is 11.3. The molecule has 0 saturated carbocycles. The minimum atomic E-state index is -0.523. The molecule has 1 aliphatic heterocycles. The Kier molecular flexibility index (Phi) is 3.47. The van der Waals surface area contributed by atoms with Gasteiger partial charge in [-0.25, -0.2) is 4.79 Å². The van der Waals surface area contributed by atoms with Gasteiger partial charge in [-0.05, 0) is 37.1 Å². The molecule has 0 aliphatic carbocycles. The highest BCUT2D eigenvalue weighted by molar-refractivity contribution is 9.10. The summed E-state index contributed by atoms with van der Waals surface area (Å²) in [7, 11) is 0. The van der Waals surface area contributed by atoms with Crippen LogP contribution < -0.4 is 11.0 Å². The predicted octanol–water partition coefficient (Wildman–Crippen LogP) is 1.65. The second-order valence-electron chi connectivity index (χ2n) is 5.05. The fourth-order valence-corrected chi connectivity index (χ4v) is 3.28. The standard InChI is InChI=1S/C13H16BrN3O2/c14-9-5-11-10(16-13(19)17-11)4-8(9)12(18)7-2-1-3-15-6-7/h4-5,7,12,15,18H,1-3,6H2,(H2,16,17,19). The number of hydrogen-bond donors (Lipinski definition) is 4. The Balaban J connectivity index is 1.98. The molecule has 1 aromatic carbocycles. The van der Waals surface area contributed by atoms with E-state index in [-0.39, 0.29) is 11.6 Å². The molecule has 4 N–H and O–H groups in total. The Morgan fingerprint density at radius 2 is 2.05 bits per heavy atom. The van der Waals surface area contributed by atoms with E-state index in [1.165, 1.54) is 0 Å². The van der Waals surface area contributed by atoms with Crippen LogP contribution in [0.1, 0.15) is 24.5 Å². The van der Waals surface area contributed by atoms with Crippen molar-refractivity contribution >= 4 is 27.0 Å². The second kappa shape index (κ2) is 5.11. The summed E-state index contributed by atoms with van der Waals surface area (Å²) in [6.07, 6.45) is 1.58. The van der Waals surface area contributed by atoms with E-state index in [0.29, 0.717) is 0 Å². The largest absolute Gasteiger partial charge is 0.388 e. The van der Waals surface area contributed by atoms with Crippen LogP contribution in [0.25, 0.3) is 11.0 Å². The number of hydrogen-bond acceptors (Lipinski definition) is 3. The number of aromatic amines is 2. The minimum Gasteiger partial charge on any atom is -0.388 e. The van der Waals surface area contributed by atoms with Crippen molar-refractivity contribution in [3.63, 3.8) is 0 Å². The van der Waals surface area contributed by atoms with Crippen LogP contribution >= 0.6 is 15.9 Å². The molecule has 5 nitrogen and oxygen atoms in total. The highest BCUT2D eigenvalue weighted by Gasteiger charge is 2.25. The molecule has 2 aromatic rings. The van der Waals surface area contributed by atoms with Gasteiger partial charge in [0.2, 0.25) is 0 Å². The van der Waals surface area contributed by atoms with Crippen molar-refractivity contribution in [2.45, 2.75) is 18.9 Å². The SMILES string of the molecule is O=c1[nH]c2cc(Br)c(C(O)C3CCCNC3)cc2[nH]1. The molecule has 2 heterocycles. The van der Waals surface area contributed by atoms with Gasteiger partial charge in [-0.1, -0.05) is 15.9 Å². The molecule has 19 heavy (non-hydrogen) atoms. The van der Waals surface area contributed by atoms with Gasteiger partial charge in [-0.3, -0.25) is 0 Å². The topological polar surface area (TPSA) is 80.9 Å². The van der Waals surface area contributed by atoms with E-state index in [1.54, 1.807) is 0 Å². The van der Waals surface area contributed by atoms with Gasteiger partial charge < -0.3 is 20.4 Å². The van der Waals surface area contributed by atoms with E-state index in [2.05, 4.69) is 31.2 Å². The molecule has 2 atom stereocenters. The number of H-pyrrole nitrogens is 2. The molecule has 1 fully saturated rings. The maximum Gasteiger partial charge on any atom is 0.323 e. The molecule has 0 spiro atoms. The van der Waals surface area contributed by atoms with Crippen molar-refractivity contribution in [3.8, 4) is 0 Å². The van der Waals surface area contributed by atoms with Crippen molar-refractivity contribution in [1.82, 2.24) is 15.3 Å². The molecular formula is C13H16BrN3O2. The van der Waals surface area contributed by atoms with Crippen LogP contribution in [0.4, 0.5) is 0 Å². The number of aliphatic hydroxyl groups excluding tert-OH is 1. The van der Waals surface area contributed by atoms with E-state index in [0.717, 1.165) is 47.0 Å². The van der Waals surface area contributed by atoms with Gasteiger partial charge in [-0.15, -0.1) is 0 Å². The summed E-state index contributed by atoms with van der Waals surface area (Å²) >= 11 is 3.48. The Hall–Kier alpha value is -1.11. The van der Waals surface area contributed by atoms with Gasteiger partial charge in [0, 0.05) is 16.9 Å². The van der Waals surface area contributed by atoms with E-state index < -0.39 is 6.10 Å². The molecular weight excluding hydrogens is 310 g/mol. The maximum absolute atomic E-state index is 11.3. The Morgan fingerprint density at radius 1 is 1.32 bits per heavy atom. The Labute approximate surface area is 118 Å². The quantitative estimate of drug-likeness (QED) is 0.677. The zero-order valence-electron chi connectivity index (χ0n) is 10.4. The van der Waals surface area contributed by atoms with Gasteiger partial charge >= 0.3 is 5.69 Å². The van der Waals surface area contributed by atoms with E-state index in [9.17, 15) is 9.90 Å². The number of piperidine rings is 1. The van der Waals surface area contributed by atoms with Gasteiger partial charge in [0.05, 0.1) is 17.1 Å². The number of imidazole rings is 1. The zero-order chi connectivity index (χ0) is 13.4. The van der Waals surface area contributed by atoms with Crippen molar-refractivity contribution in [2.75, 3.05) is 13.1 Å². The van der Waals surface area contributed by atoms with Crippen molar-refractivity contribution in [2.24, 2.45) is 5.92 Å². The van der Waals surface area contributed by atoms with Gasteiger partial charge in [-0.2, -0.15) is 0 Å². The third kappa shape index (κ3) is 2.48. The molecule has 102 valence electrons. The summed E-state index contributed by atoms with van der Waals surface area (Å²) < 4.78 is 0.827. The van der Waals surface area contributed by atoms with Crippen LogP contribution in [0.15, 0.2) is 21.4 Å². The van der Waals surface area contributed by atoms with Crippen LogP contribution in [0, 0.1) is 5.92 Å². The highest BCUT2D eigenvalue weighted by atomic mass is 79.9. The van der Waals surface area contributed by atoms with Crippen LogP contribution in [0.2, 0.25) is 0 Å². The van der Waals surface area contributed by atoms with Crippen LogP contribution in [0.3, 0.4) is 0 Å². The van der Waals surface area contributed by atoms with E-state index in [4.69, 9.17) is 0 Å². The molecule has 1 saturated heterocycles. The average Bonchev–Trinajstić information content (AvgIpc) is 2.77. The first kappa shape index (κ1) is 12.9. The first-order valence-corrected chi connectivity index (χ1v) is 7.24. The number of aliphatic hydroxyl groups is 1. The van der Waals surface area contributed by atoms with Crippen LogP contribution in [-0.2, 0) is 0 Å². The monoisotopic (exact) mass is 325 g/mol. The molecule has 2 unspecified atom stereocenters. The molecule has 1 aromatic heterocycles. The molecule has 0 radical (unpaired) electrons. The first-order chi connectivity index (χ1) is 9.15. The lowest BCUT2D eigenvalue weighted by molar-refractivity contribution is 0.0917. The molecule has 0 amide bonds. The lowest BCUT2D eigenvalue weighted by Gasteiger charge is -2.28. The second-order valence-corrected chi connectivity index (χ2v) is 5.90. The van der Waals surface area contributed by atoms with Gasteiger partial charge in [0.1, 0.15) is 0 Å². The Bertz CT molecular complexity index is 643. The van der Waals surface area contributed by atoms with Crippen molar-refractivity contribution in [3.05, 3.63) is 32.7 Å². The summed E-state index contributed by atoms with van der Waals surface area (Å²) in [5.41, 5.74) is 2.07. The number of fused-ring (bicyclic) bond motifs is 1. The number of benzene rings is 1. The third-order valence-electron chi connectivity index (χ3n) is 3.73. The minimum absolute atomic E-state index is 0.216. The number of nitrogens with one attached hydrogen (secondary N) is 3. The van der Waals surface area contributed by atoms with Crippen molar-refractivity contribution in [1.29, 1.82) is 0 Å². The number of rotatable bonds is 2. The number of halogens is 1. The summed E-state index contributed by atoms with van der Waals surface area (Å²) in [5.74, 6) is 0.216. The smallest absolute Gasteiger partial charge is 0.323 e. The molecule has 1 aliphatic rings. The average molecular weight is 326 g/mol. The Morgan fingerprint density at radius 3 is 2.74 bits per heavy atom. The lowest BCUT2D eigenvalue weighted by atomic mass is 9.89. The lowest BCUT2D eigenvalue weighted by Crippen LogP contribution is -2.33. The molecule has 6 heteroatoms. The van der Waals surface area contributed by atoms with Gasteiger partial charge in [0.15, 0.2) is 0 Å². The van der Waals surface area contributed by atoms with Gasteiger partial charge in [0.25, 0.3) is 0 Å². The summed E-state index contributed by atoms with van der Waals surface area (Å²) in [6, 6.07) is 3.68. The van der Waals surface area contributed by atoms with E-state index >= 15 is 0 Å². The number of aromatic nitrogens is 2. The summed E-state index contributed by atoms with van der Waals surface area (Å²) in [5, 5.41) is 13.8. The van der Waals surface area contributed by atoms with Crippen molar-refractivity contribution < 1.29 is 5.11 Å². The van der Waals surface area contributed by atoms with E-state index in [1.807, 2.05) is 12.1 Å².